The minimum Gasteiger partial charge on any atom is -0.309 e. The van der Waals surface area contributed by atoms with Crippen molar-refractivity contribution in [2.75, 3.05) is 0 Å². The van der Waals surface area contributed by atoms with Gasteiger partial charge in [0.25, 0.3) is 0 Å². The monoisotopic (exact) mass is 662 g/mol. The molecule has 2 aliphatic heterocycles. The third-order valence-corrected chi connectivity index (χ3v) is 16.7. The van der Waals surface area contributed by atoms with Gasteiger partial charge in [0, 0.05) is 32.9 Å². The van der Waals surface area contributed by atoms with Crippen LogP contribution in [0.4, 0.5) is 0 Å². The molecule has 3 heteroatoms. The lowest BCUT2D eigenvalue weighted by molar-refractivity contribution is 1.18. The van der Waals surface area contributed by atoms with E-state index >= 15 is 0 Å². The van der Waals surface area contributed by atoms with E-state index in [0.29, 0.717) is 0 Å². The van der Waals surface area contributed by atoms with Gasteiger partial charge >= 0.3 is 0 Å². The Hall–Kier alpha value is -6.42. The van der Waals surface area contributed by atoms with Crippen LogP contribution in [0.15, 0.2) is 182 Å². The molecule has 0 fully saturated rings. The van der Waals surface area contributed by atoms with Crippen molar-refractivity contribution >= 4 is 72.4 Å². The SMILES string of the molecule is c1ccc2c(c1)-c1ccc(-n3c4ccccc4c4ccccc43)cc1[Si]21c2ccccc2-c2ccc(-n3c4ccccc4c4ccccc43)cc21. The van der Waals surface area contributed by atoms with Crippen LogP contribution in [0.3, 0.4) is 0 Å². The second-order valence-corrected chi connectivity index (χ2v) is 17.7. The molecular formula is C48H30N2Si. The van der Waals surface area contributed by atoms with Gasteiger partial charge in [-0.05, 0) is 91.5 Å². The maximum absolute atomic E-state index is 2.74. The highest BCUT2D eigenvalue weighted by Crippen LogP contribution is 2.40. The summed E-state index contributed by atoms with van der Waals surface area (Å²) in [7, 11) is -2.74. The van der Waals surface area contributed by atoms with Crippen LogP contribution in [0.25, 0.3) is 77.2 Å². The van der Waals surface area contributed by atoms with Crippen molar-refractivity contribution in [3.8, 4) is 33.6 Å². The maximum atomic E-state index is 2.56. The number of benzene rings is 8. The fraction of sp³-hybridized carbons (Fsp3) is 0. The molecule has 0 amide bonds. The van der Waals surface area contributed by atoms with E-state index in [0.717, 1.165) is 0 Å². The predicted octanol–water partition coefficient (Wildman–Crippen LogP) is 9.22. The van der Waals surface area contributed by atoms with Crippen molar-refractivity contribution in [1.29, 1.82) is 0 Å². The van der Waals surface area contributed by atoms with E-state index in [1.54, 1.807) is 0 Å². The van der Waals surface area contributed by atoms with E-state index in [-0.39, 0.29) is 0 Å². The van der Waals surface area contributed by atoms with Gasteiger partial charge < -0.3 is 9.13 Å². The summed E-state index contributed by atoms with van der Waals surface area (Å²) >= 11 is 0. The van der Waals surface area contributed by atoms with Crippen molar-refractivity contribution < 1.29 is 0 Å². The van der Waals surface area contributed by atoms with E-state index in [2.05, 4.69) is 191 Å². The van der Waals surface area contributed by atoms with Crippen LogP contribution in [0.1, 0.15) is 0 Å². The molecule has 0 N–H and O–H groups in total. The summed E-state index contributed by atoms with van der Waals surface area (Å²) < 4.78 is 4.96. The van der Waals surface area contributed by atoms with Crippen LogP contribution in [0.5, 0.6) is 0 Å². The third-order valence-electron chi connectivity index (χ3n) is 11.7. The summed E-state index contributed by atoms with van der Waals surface area (Å²) in [6, 6.07) is 68.5. The summed E-state index contributed by atoms with van der Waals surface area (Å²) in [6.07, 6.45) is 0. The molecule has 8 aromatic carbocycles. The zero-order chi connectivity index (χ0) is 33.3. The summed E-state index contributed by atoms with van der Waals surface area (Å²) in [5.41, 5.74) is 12.9. The molecule has 1 spiro atoms. The summed E-state index contributed by atoms with van der Waals surface area (Å²) in [5, 5.41) is 11.1. The van der Waals surface area contributed by atoms with Crippen molar-refractivity contribution in [2.45, 2.75) is 0 Å². The normalized spacial score (nSPS) is 13.6. The fourth-order valence-corrected chi connectivity index (χ4v) is 15.4. The Kier molecular flexibility index (Phi) is 5.29. The molecular weight excluding hydrogens is 633 g/mol. The highest BCUT2D eigenvalue weighted by atomic mass is 28.3. The average molecular weight is 663 g/mol. The van der Waals surface area contributed by atoms with Crippen LogP contribution < -0.4 is 20.7 Å². The molecule has 51 heavy (non-hydrogen) atoms. The lowest BCUT2D eigenvalue weighted by Crippen LogP contribution is -2.70. The Morgan fingerprint density at radius 3 is 0.980 bits per heavy atom. The molecule has 0 bridgehead atoms. The lowest BCUT2D eigenvalue weighted by atomic mass is 10.1. The van der Waals surface area contributed by atoms with Gasteiger partial charge in [-0.25, -0.2) is 0 Å². The number of hydrogen-bond acceptors (Lipinski definition) is 0. The van der Waals surface area contributed by atoms with Gasteiger partial charge in [-0.1, -0.05) is 133 Å². The largest absolute Gasteiger partial charge is 0.309 e. The summed E-state index contributed by atoms with van der Waals surface area (Å²) in [4.78, 5) is 0. The summed E-state index contributed by atoms with van der Waals surface area (Å²) in [5.74, 6) is 0. The molecule has 10 aromatic rings. The first-order valence-electron chi connectivity index (χ1n) is 17.8. The van der Waals surface area contributed by atoms with Crippen molar-refractivity contribution in [2.24, 2.45) is 0 Å². The van der Waals surface area contributed by atoms with E-state index < -0.39 is 8.07 Å². The molecule has 12 rings (SSSR count). The Labute approximate surface area is 296 Å². The highest BCUT2D eigenvalue weighted by Gasteiger charge is 2.54. The second-order valence-electron chi connectivity index (χ2n) is 14.0. The first kappa shape index (κ1) is 27.4. The zero-order valence-corrected chi connectivity index (χ0v) is 28.7. The van der Waals surface area contributed by atoms with Gasteiger partial charge in [-0.3, -0.25) is 0 Å². The minimum absolute atomic E-state index is 1.22. The first-order valence-corrected chi connectivity index (χ1v) is 19.8. The van der Waals surface area contributed by atoms with Crippen LogP contribution in [-0.4, -0.2) is 17.2 Å². The van der Waals surface area contributed by atoms with Crippen molar-refractivity contribution in [3.05, 3.63) is 182 Å². The predicted molar refractivity (Wildman–Crippen MR) is 217 cm³/mol. The van der Waals surface area contributed by atoms with Gasteiger partial charge in [-0.15, -0.1) is 0 Å². The molecule has 2 aromatic heterocycles. The standard InChI is InChI=1S/C48H30N2Si/c1-7-19-41-33(13-1)34-14-2-8-20-42(34)49(41)31-25-27-39-37-17-5-11-23-45(37)51(47(39)29-31)46-24-12-6-18-38(46)40-28-26-32(30-48(40)51)50-43-21-9-3-15-35(43)36-16-4-10-22-44(36)50/h1-30H. The first-order chi connectivity index (χ1) is 25.3. The van der Waals surface area contributed by atoms with E-state index in [4.69, 9.17) is 0 Å². The number of nitrogens with zero attached hydrogens (tertiary/aromatic N) is 2. The highest BCUT2D eigenvalue weighted by molar-refractivity contribution is 7.24. The van der Waals surface area contributed by atoms with Crippen LogP contribution in [0.2, 0.25) is 0 Å². The molecule has 0 radical (unpaired) electrons. The Morgan fingerprint density at radius 2 is 0.588 bits per heavy atom. The second kappa shape index (κ2) is 9.84. The van der Waals surface area contributed by atoms with E-state index in [1.165, 1.54) is 98.0 Å². The quantitative estimate of drug-likeness (QED) is 0.163. The lowest BCUT2D eigenvalue weighted by Gasteiger charge is -2.28. The van der Waals surface area contributed by atoms with Crippen LogP contribution in [-0.2, 0) is 0 Å². The van der Waals surface area contributed by atoms with Gasteiger partial charge in [0.1, 0.15) is 0 Å². The Morgan fingerprint density at radius 1 is 0.275 bits per heavy atom. The molecule has 0 atom stereocenters. The topological polar surface area (TPSA) is 9.86 Å². The maximum Gasteiger partial charge on any atom is 0.182 e. The minimum atomic E-state index is -2.74. The smallest absolute Gasteiger partial charge is 0.182 e. The van der Waals surface area contributed by atoms with Crippen LogP contribution in [0, 0.1) is 0 Å². The molecule has 0 aliphatic carbocycles. The molecule has 0 saturated heterocycles. The zero-order valence-electron chi connectivity index (χ0n) is 27.7. The third kappa shape index (κ3) is 3.37. The van der Waals surface area contributed by atoms with Crippen LogP contribution >= 0.6 is 0 Å². The van der Waals surface area contributed by atoms with E-state index in [1.807, 2.05) is 0 Å². The van der Waals surface area contributed by atoms with Gasteiger partial charge in [-0.2, -0.15) is 0 Å². The van der Waals surface area contributed by atoms with Gasteiger partial charge in [0.05, 0.1) is 22.1 Å². The molecule has 2 aliphatic rings. The molecule has 2 nitrogen and oxygen atoms in total. The van der Waals surface area contributed by atoms with Gasteiger partial charge in [0.15, 0.2) is 8.07 Å². The summed E-state index contributed by atoms with van der Waals surface area (Å²) in [6.45, 7) is 0. The fourth-order valence-electron chi connectivity index (χ4n) is 9.79. The van der Waals surface area contributed by atoms with E-state index in [9.17, 15) is 0 Å². The number of para-hydroxylation sites is 4. The Balaban J connectivity index is 1.19. The molecule has 4 heterocycles. The average Bonchev–Trinajstić information content (AvgIpc) is 3.90. The number of hydrogen-bond donors (Lipinski definition) is 0. The number of fused-ring (bicyclic) bond motifs is 16. The molecule has 0 unspecified atom stereocenters. The number of rotatable bonds is 2. The molecule has 236 valence electrons. The number of aromatic nitrogens is 2. The van der Waals surface area contributed by atoms with Crippen molar-refractivity contribution in [1.82, 2.24) is 9.13 Å². The van der Waals surface area contributed by atoms with Gasteiger partial charge in [0.2, 0.25) is 0 Å². The molecule has 0 saturated carbocycles. The Bertz CT molecular complexity index is 2790. The van der Waals surface area contributed by atoms with Crippen molar-refractivity contribution in [3.63, 3.8) is 0 Å².